The van der Waals surface area contributed by atoms with Crippen molar-refractivity contribution < 1.29 is 4.74 Å². The number of hydrogen-bond acceptors (Lipinski definition) is 5. The molecule has 0 bridgehead atoms. The monoisotopic (exact) mass is 269 g/mol. The average Bonchev–Trinajstić information content (AvgIpc) is 2.92. The number of nitrogens with one attached hydrogen (secondary N) is 1. The lowest BCUT2D eigenvalue weighted by molar-refractivity contribution is 0.415. The summed E-state index contributed by atoms with van der Waals surface area (Å²) in [4.78, 5) is 8.53. The average molecular weight is 269 g/mol. The molecule has 0 aliphatic carbocycles. The summed E-state index contributed by atoms with van der Waals surface area (Å²) in [5, 5.41) is 7.56. The molecule has 0 fully saturated rings. The van der Waals surface area contributed by atoms with Crippen LogP contribution in [0, 0.1) is 13.8 Å². The predicted octanol–water partition coefficient (Wildman–Crippen LogP) is 2.49. The number of aryl methyl sites for hydroxylation is 1. The molecule has 0 amide bonds. The molecule has 0 saturated carbocycles. The van der Waals surface area contributed by atoms with Crippen LogP contribution < -0.4 is 10.1 Å². The fraction of sp³-hybridized carbons (Fsp3) is 0.214. The van der Waals surface area contributed by atoms with Crippen LogP contribution in [0.15, 0.2) is 30.6 Å². The van der Waals surface area contributed by atoms with Gasteiger partial charge in [-0.15, -0.1) is 0 Å². The number of nitrogens with zero attached hydrogens (tertiary/aromatic N) is 4. The third kappa shape index (κ3) is 2.05. The van der Waals surface area contributed by atoms with Gasteiger partial charge < -0.3 is 10.1 Å². The molecule has 0 saturated heterocycles. The molecule has 6 nitrogen and oxygen atoms in total. The normalized spacial score (nSPS) is 10.8. The Balaban J connectivity index is 2.04. The van der Waals surface area contributed by atoms with E-state index >= 15 is 0 Å². The topological polar surface area (TPSA) is 64.3 Å². The van der Waals surface area contributed by atoms with Gasteiger partial charge >= 0.3 is 0 Å². The molecule has 0 aliphatic rings. The first-order valence-corrected chi connectivity index (χ1v) is 6.27. The summed E-state index contributed by atoms with van der Waals surface area (Å²) in [5.41, 5.74) is 2.93. The van der Waals surface area contributed by atoms with Gasteiger partial charge in [-0.05, 0) is 38.1 Å². The quantitative estimate of drug-likeness (QED) is 0.791. The lowest BCUT2D eigenvalue weighted by Gasteiger charge is -2.12. The van der Waals surface area contributed by atoms with E-state index in [0.717, 1.165) is 28.5 Å². The van der Waals surface area contributed by atoms with Gasteiger partial charge in [0.25, 0.3) is 5.78 Å². The Bertz CT molecular complexity index is 748. The number of rotatable bonds is 3. The minimum atomic E-state index is 0.587. The van der Waals surface area contributed by atoms with Crippen molar-refractivity contribution in [3.63, 3.8) is 0 Å². The minimum absolute atomic E-state index is 0.587. The summed E-state index contributed by atoms with van der Waals surface area (Å²) in [6.45, 7) is 3.97. The Morgan fingerprint density at radius 1 is 1.15 bits per heavy atom. The van der Waals surface area contributed by atoms with Crippen LogP contribution in [0.1, 0.15) is 11.3 Å². The van der Waals surface area contributed by atoms with E-state index in [4.69, 9.17) is 4.74 Å². The largest absolute Gasteiger partial charge is 0.497 e. The molecular weight excluding hydrogens is 254 g/mol. The van der Waals surface area contributed by atoms with E-state index in [1.165, 1.54) is 6.33 Å². The van der Waals surface area contributed by atoms with Crippen molar-refractivity contribution in [3.05, 3.63) is 41.9 Å². The molecular formula is C14H15N5O. The maximum atomic E-state index is 5.15. The second-order valence-corrected chi connectivity index (χ2v) is 4.50. The van der Waals surface area contributed by atoms with Crippen molar-refractivity contribution in [2.45, 2.75) is 13.8 Å². The van der Waals surface area contributed by atoms with Gasteiger partial charge in [-0.3, -0.25) is 0 Å². The van der Waals surface area contributed by atoms with Crippen molar-refractivity contribution in [1.29, 1.82) is 0 Å². The first-order valence-electron chi connectivity index (χ1n) is 6.27. The molecule has 0 aliphatic heterocycles. The number of methoxy groups -OCH3 is 1. The van der Waals surface area contributed by atoms with Crippen LogP contribution in [0.5, 0.6) is 5.75 Å². The van der Waals surface area contributed by atoms with Gasteiger partial charge in [0.2, 0.25) is 0 Å². The lowest BCUT2D eigenvalue weighted by Crippen LogP contribution is -2.06. The number of anilines is 2. The molecule has 0 unspecified atom stereocenters. The molecule has 2 aromatic heterocycles. The van der Waals surface area contributed by atoms with Crippen LogP contribution in [0.2, 0.25) is 0 Å². The second-order valence-electron chi connectivity index (χ2n) is 4.50. The van der Waals surface area contributed by atoms with Gasteiger partial charge in [-0.1, -0.05) is 0 Å². The van der Waals surface area contributed by atoms with E-state index in [-0.39, 0.29) is 0 Å². The molecule has 0 atom stereocenters. The fourth-order valence-electron chi connectivity index (χ4n) is 1.99. The van der Waals surface area contributed by atoms with Crippen LogP contribution in [-0.2, 0) is 0 Å². The van der Waals surface area contributed by atoms with Gasteiger partial charge in [-0.25, -0.2) is 4.98 Å². The van der Waals surface area contributed by atoms with Crippen LogP contribution >= 0.6 is 0 Å². The molecule has 1 aromatic carbocycles. The van der Waals surface area contributed by atoms with Gasteiger partial charge in [0.05, 0.1) is 7.11 Å². The molecule has 0 radical (unpaired) electrons. The highest BCUT2D eigenvalue weighted by Gasteiger charge is 2.11. The highest BCUT2D eigenvalue weighted by Crippen LogP contribution is 2.23. The van der Waals surface area contributed by atoms with Crippen LogP contribution in [0.4, 0.5) is 11.5 Å². The lowest BCUT2D eigenvalue weighted by atomic mass is 10.2. The fourth-order valence-corrected chi connectivity index (χ4v) is 1.99. The SMILES string of the molecule is COc1ccc(Nc2c(C)c(C)nc3ncnn23)cc1. The molecule has 6 heteroatoms. The molecule has 102 valence electrons. The summed E-state index contributed by atoms with van der Waals surface area (Å²) in [5.74, 6) is 2.28. The Labute approximate surface area is 116 Å². The van der Waals surface area contributed by atoms with Crippen molar-refractivity contribution in [2.75, 3.05) is 12.4 Å². The van der Waals surface area contributed by atoms with E-state index in [1.54, 1.807) is 11.6 Å². The molecule has 1 N–H and O–H groups in total. The predicted molar refractivity (Wildman–Crippen MR) is 76.5 cm³/mol. The van der Waals surface area contributed by atoms with E-state index in [0.29, 0.717) is 5.78 Å². The van der Waals surface area contributed by atoms with Crippen molar-refractivity contribution in [3.8, 4) is 5.75 Å². The molecule has 0 spiro atoms. The summed E-state index contributed by atoms with van der Waals surface area (Å²) >= 11 is 0. The molecule has 3 aromatic rings. The van der Waals surface area contributed by atoms with Gasteiger partial charge in [0, 0.05) is 16.9 Å². The summed E-state index contributed by atoms with van der Waals surface area (Å²) in [6.07, 6.45) is 1.50. The third-order valence-electron chi connectivity index (χ3n) is 3.26. The van der Waals surface area contributed by atoms with Gasteiger partial charge in [0.1, 0.15) is 17.9 Å². The van der Waals surface area contributed by atoms with Crippen LogP contribution in [0.3, 0.4) is 0 Å². The Morgan fingerprint density at radius 2 is 1.90 bits per heavy atom. The Morgan fingerprint density at radius 3 is 2.60 bits per heavy atom. The summed E-state index contributed by atoms with van der Waals surface area (Å²) in [6, 6.07) is 7.72. The summed E-state index contributed by atoms with van der Waals surface area (Å²) < 4.78 is 6.86. The molecule has 2 heterocycles. The standard InChI is InChI=1S/C14H15N5O/c1-9-10(2)17-14-15-8-16-19(14)13(9)18-11-4-6-12(20-3)7-5-11/h4-8,18H,1-3H3. The van der Waals surface area contributed by atoms with Gasteiger partial charge in [0.15, 0.2) is 0 Å². The third-order valence-corrected chi connectivity index (χ3v) is 3.26. The molecule has 20 heavy (non-hydrogen) atoms. The first-order chi connectivity index (χ1) is 9.69. The second kappa shape index (κ2) is 4.80. The number of hydrogen-bond donors (Lipinski definition) is 1. The first kappa shape index (κ1) is 12.4. The maximum absolute atomic E-state index is 5.15. The van der Waals surface area contributed by atoms with E-state index < -0.39 is 0 Å². The van der Waals surface area contributed by atoms with Crippen molar-refractivity contribution in [2.24, 2.45) is 0 Å². The zero-order valence-electron chi connectivity index (χ0n) is 11.6. The number of aromatic nitrogens is 4. The van der Waals surface area contributed by atoms with Gasteiger partial charge in [-0.2, -0.15) is 14.6 Å². The summed E-state index contributed by atoms with van der Waals surface area (Å²) in [7, 11) is 1.65. The van der Waals surface area contributed by atoms with Crippen molar-refractivity contribution >= 4 is 17.3 Å². The van der Waals surface area contributed by atoms with E-state index in [1.807, 2.05) is 38.1 Å². The van der Waals surface area contributed by atoms with E-state index in [2.05, 4.69) is 20.4 Å². The maximum Gasteiger partial charge on any atom is 0.254 e. The van der Waals surface area contributed by atoms with Crippen LogP contribution in [-0.4, -0.2) is 26.7 Å². The Kier molecular flexibility index (Phi) is 2.98. The number of benzene rings is 1. The number of ether oxygens (including phenoxy) is 1. The minimum Gasteiger partial charge on any atom is -0.497 e. The highest BCUT2D eigenvalue weighted by molar-refractivity contribution is 5.62. The smallest absolute Gasteiger partial charge is 0.254 e. The zero-order chi connectivity index (χ0) is 14.1. The highest BCUT2D eigenvalue weighted by atomic mass is 16.5. The number of fused-ring (bicyclic) bond motifs is 1. The van der Waals surface area contributed by atoms with E-state index in [9.17, 15) is 0 Å². The van der Waals surface area contributed by atoms with Crippen molar-refractivity contribution in [1.82, 2.24) is 19.6 Å². The zero-order valence-corrected chi connectivity index (χ0v) is 11.6. The molecule has 3 rings (SSSR count). The van der Waals surface area contributed by atoms with Crippen LogP contribution in [0.25, 0.3) is 5.78 Å². The Hall–Kier alpha value is -2.63.